The van der Waals surface area contributed by atoms with Gasteiger partial charge in [-0.3, -0.25) is 0 Å². The van der Waals surface area contributed by atoms with Crippen molar-refractivity contribution in [2.45, 2.75) is 0 Å². The molecule has 0 aromatic heterocycles. The van der Waals surface area contributed by atoms with Crippen LogP contribution >= 0.6 is 0 Å². The normalized spacial score (nSPS) is 8.75. The fourth-order valence-electron chi connectivity index (χ4n) is 0.642. The van der Waals surface area contributed by atoms with E-state index in [0.717, 1.165) is 0 Å². The maximum Gasteiger partial charge on any atom is 3.00 e. The maximum absolute atomic E-state index is 8.49. The third-order valence-electron chi connectivity index (χ3n) is 1.11. The second kappa shape index (κ2) is 10.8. The van der Waals surface area contributed by atoms with Crippen LogP contribution in [-0.4, -0.2) is 0 Å². The van der Waals surface area contributed by atoms with E-state index in [1.807, 2.05) is 60.7 Å². The van der Waals surface area contributed by atoms with Crippen LogP contribution in [0.25, 0.3) is 0 Å². The van der Waals surface area contributed by atoms with Gasteiger partial charge in [-0.25, -0.2) is 42.9 Å². The zero-order valence-corrected chi connectivity index (χ0v) is 9.91. The summed E-state index contributed by atoms with van der Waals surface area (Å²) in [6.07, 6.45) is 0. The number of hydrogen-bond acceptors (Lipinski definition) is 4. The van der Waals surface area contributed by atoms with E-state index in [1.165, 1.54) is 0 Å². The molecule has 0 spiro atoms. The fourth-order valence-corrected chi connectivity index (χ4v) is 0.642. The van der Waals surface area contributed by atoms with Gasteiger partial charge in [-0.1, -0.05) is 0 Å². The van der Waals surface area contributed by atoms with Crippen LogP contribution in [0.2, 0.25) is 0 Å². The molecule has 2 aromatic carbocycles. The first-order valence-electron chi connectivity index (χ1n) is 3.95. The second-order valence-corrected chi connectivity index (χ2v) is 3.06. The summed E-state index contributed by atoms with van der Waals surface area (Å²) in [7, 11) is -4.94. The number of rotatable bonds is 0. The van der Waals surface area contributed by atoms with Gasteiger partial charge in [0.25, 0.3) is 0 Å². The van der Waals surface area contributed by atoms with Crippen molar-refractivity contribution >= 4 is 0 Å². The summed E-state index contributed by atoms with van der Waals surface area (Å²) in [4.78, 5) is 0. The Morgan fingerprint density at radius 1 is 0.625 bits per heavy atom. The Labute approximate surface area is 106 Å². The molecule has 2 aromatic rings. The second-order valence-electron chi connectivity index (χ2n) is 2.30. The molecule has 0 radical (unpaired) electrons. The van der Waals surface area contributed by atoms with Gasteiger partial charge in [0.1, 0.15) is 0 Å². The first kappa shape index (κ1) is 17.7. The van der Waals surface area contributed by atoms with Crippen molar-refractivity contribution in [3.8, 4) is 0 Å². The van der Waals surface area contributed by atoms with Crippen molar-refractivity contribution < 1.29 is 45.7 Å². The van der Waals surface area contributed by atoms with E-state index in [-0.39, 0.29) is 16.8 Å². The average Bonchev–Trinajstić information content (AvgIpc) is 2.81. The molecule has 0 saturated carbocycles. The van der Waals surface area contributed by atoms with Gasteiger partial charge in [-0.15, -0.1) is 10.2 Å². The molecule has 0 atom stereocenters. The van der Waals surface area contributed by atoms with Crippen LogP contribution < -0.4 is 18.6 Å². The third kappa shape index (κ3) is 23.3. The molecule has 0 aliphatic carbocycles. The summed E-state index contributed by atoms with van der Waals surface area (Å²) in [5.41, 5.74) is 0. The van der Waals surface area contributed by atoms with Crippen molar-refractivity contribution in [3.63, 3.8) is 0 Å². The van der Waals surface area contributed by atoms with E-state index in [0.29, 0.717) is 0 Å². The summed E-state index contributed by atoms with van der Waals surface area (Å²) < 4.78 is 34.0. The smallest absolute Gasteiger partial charge is 0.222 e. The van der Waals surface area contributed by atoms with Crippen molar-refractivity contribution in [2.75, 3.05) is 0 Å². The van der Waals surface area contributed by atoms with Crippen molar-refractivity contribution in [3.05, 3.63) is 60.7 Å². The van der Waals surface area contributed by atoms with Crippen molar-refractivity contribution in [1.82, 2.24) is 0 Å². The predicted octanol–water partition coefficient (Wildman–Crippen LogP) is -1.95. The van der Waals surface area contributed by atoms with Crippen LogP contribution in [0, 0.1) is 10.2 Å². The Bertz CT molecular complexity index is 222. The minimum absolute atomic E-state index is 0. The largest absolute Gasteiger partial charge is 3.00 e. The monoisotopic (exact) mass is 288 g/mol. The quantitative estimate of drug-likeness (QED) is 0.527. The van der Waals surface area contributed by atoms with E-state index in [9.17, 15) is 0 Å². The summed E-state index contributed by atoms with van der Waals surface area (Å²) in [5.74, 6) is 0. The average molecular weight is 289 g/mol. The molecule has 90 valence electrons. The van der Waals surface area contributed by atoms with Crippen LogP contribution in [0.4, 0.5) is 0 Å². The molecule has 16 heavy (non-hydrogen) atoms. The Hall–Kier alpha value is -0.664. The van der Waals surface area contributed by atoms with E-state index in [1.54, 1.807) is 0 Å². The topological polar surface area (TPSA) is 92.2 Å². The molecule has 0 N–H and O–H groups in total. The molecule has 4 nitrogen and oxygen atoms in total. The van der Waals surface area contributed by atoms with Gasteiger partial charge >= 0.3 is 16.8 Å². The van der Waals surface area contributed by atoms with E-state index in [2.05, 4.69) is 0 Å². The maximum atomic E-state index is 8.49. The molecular formula is C10H10ClCoO4. The molecule has 2 rings (SSSR count). The predicted molar refractivity (Wildman–Crippen MR) is 44.1 cm³/mol. The first-order valence-corrected chi connectivity index (χ1v) is 5.18. The zero-order chi connectivity index (χ0) is 11.6. The Kier molecular flexibility index (Phi) is 12.0. The van der Waals surface area contributed by atoms with Crippen LogP contribution in [0.5, 0.6) is 0 Å². The molecule has 0 amide bonds. The summed E-state index contributed by atoms with van der Waals surface area (Å²) in [5, 5.41) is 0. The molecule has 0 fully saturated rings. The molecule has 0 heterocycles. The molecule has 0 aliphatic heterocycles. The number of hydrogen-bond donors (Lipinski definition) is 0. The minimum atomic E-state index is -4.94. The molecule has 0 bridgehead atoms. The van der Waals surface area contributed by atoms with Gasteiger partial charge in [0.05, 0.1) is 0 Å². The molecule has 6 heteroatoms. The van der Waals surface area contributed by atoms with Crippen LogP contribution in [0.15, 0.2) is 60.7 Å². The Balaban J connectivity index is 0. The van der Waals surface area contributed by atoms with E-state index >= 15 is 0 Å². The van der Waals surface area contributed by atoms with Crippen LogP contribution in [0.1, 0.15) is 0 Å². The SMILES string of the molecule is [Co+3].[O-][Cl+3]([O-])([O-])[O-].c1cc[cH-]c1.c1cc[cH-]c1. The molecule has 0 saturated heterocycles. The van der Waals surface area contributed by atoms with E-state index in [4.69, 9.17) is 18.6 Å². The van der Waals surface area contributed by atoms with Crippen molar-refractivity contribution in [2.24, 2.45) is 0 Å². The molecular weight excluding hydrogens is 278 g/mol. The standard InChI is InChI=1S/2C5H5.ClHO4.Co/c2*1-2-4-5-3-1;2-1(3,4)5;/h2*1-5H;(H,2,3,4,5);/q2*-1;;+3/p-1. The van der Waals surface area contributed by atoms with Crippen LogP contribution in [0.3, 0.4) is 0 Å². The van der Waals surface area contributed by atoms with Gasteiger partial charge in [0.2, 0.25) is 0 Å². The molecule has 0 unspecified atom stereocenters. The van der Waals surface area contributed by atoms with Crippen LogP contribution in [-0.2, 0) is 16.8 Å². The van der Waals surface area contributed by atoms with Crippen molar-refractivity contribution in [1.29, 1.82) is 0 Å². The Morgan fingerprint density at radius 3 is 0.875 bits per heavy atom. The van der Waals surface area contributed by atoms with E-state index < -0.39 is 10.2 Å². The van der Waals surface area contributed by atoms with Gasteiger partial charge in [-0.2, -0.15) is 36.4 Å². The van der Waals surface area contributed by atoms with Gasteiger partial charge in [0, 0.05) is 0 Å². The fraction of sp³-hybridized carbons (Fsp3) is 0. The summed E-state index contributed by atoms with van der Waals surface area (Å²) in [6, 6.07) is 20.0. The zero-order valence-electron chi connectivity index (χ0n) is 8.12. The number of halogens is 1. The Morgan fingerprint density at radius 2 is 0.812 bits per heavy atom. The van der Waals surface area contributed by atoms with Gasteiger partial charge in [-0.05, 0) is 0 Å². The minimum Gasteiger partial charge on any atom is -0.222 e. The van der Waals surface area contributed by atoms with Gasteiger partial charge in [0.15, 0.2) is 0 Å². The third-order valence-corrected chi connectivity index (χ3v) is 1.11. The summed E-state index contributed by atoms with van der Waals surface area (Å²) >= 11 is 0. The molecule has 0 aliphatic rings. The van der Waals surface area contributed by atoms with Gasteiger partial charge < -0.3 is 0 Å². The summed E-state index contributed by atoms with van der Waals surface area (Å²) in [6.45, 7) is 0. The first-order chi connectivity index (χ1) is 7.00.